The van der Waals surface area contributed by atoms with Crippen LogP contribution in [0.25, 0.3) is 11.5 Å². The van der Waals surface area contributed by atoms with Gasteiger partial charge in [0.2, 0.25) is 0 Å². The molecule has 0 radical (unpaired) electrons. The van der Waals surface area contributed by atoms with Gasteiger partial charge in [-0.3, -0.25) is 0 Å². The molecule has 0 aliphatic heterocycles. The Bertz CT molecular complexity index is 542. The van der Waals surface area contributed by atoms with E-state index in [-0.39, 0.29) is 17.0 Å². The second kappa shape index (κ2) is 3.50. The fourth-order valence-corrected chi connectivity index (χ4v) is 1.16. The van der Waals surface area contributed by atoms with Gasteiger partial charge < -0.3 is 4.52 Å². The summed E-state index contributed by atoms with van der Waals surface area (Å²) >= 11 is 0. The van der Waals surface area contributed by atoms with E-state index in [1.165, 1.54) is 12.1 Å². The molecule has 0 atom stereocenters. The summed E-state index contributed by atoms with van der Waals surface area (Å²) in [6, 6.07) is 5.92. The van der Waals surface area contributed by atoms with Gasteiger partial charge in [0.15, 0.2) is 5.82 Å². The van der Waals surface area contributed by atoms with E-state index in [1.54, 1.807) is 6.92 Å². The highest BCUT2D eigenvalue weighted by molar-refractivity contribution is 5.55. The molecule has 1 heterocycles. The van der Waals surface area contributed by atoms with E-state index in [9.17, 15) is 4.39 Å². The van der Waals surface area contributed by atoms with Crippen LogP contribution >= 0.6 is 0 Å². The standard InChI is InChI=1S/C10H6FN3O/c1-6-13-10(15-14-6)8-3-2-7(5-12)4-9(8)11/h2-4H,1H3. The molecule has 0 fully saturated rings. The van der Waals surface area contributed by atoms with Crippen molar-refractivity contribution in [2.24, 2.45) is 0 Å². The average Bonchev–Trinajstić information content (AvgIpc) is 2.64. The number of benzene rings is 1. The minimum Gasteiger partial charge on any atom is -0.334 e. The first-order chi connectivity index (χ1) is 7.20. The molecule has 4 nitrogen and oxygen atoms in total. The number of aryl methyl sites for hydroxylation is 1. The molecule has 0 N–H and O–H groups in total. The number of halogens is 1. The van der Waals surface area contributed by atoms with Gasteiger partial charge in [-0.1, -0.05) is 5.16 Å². The molecule has 74 valence electrons. The van der Waals surface area contributed by atoms with E-state index < -0.39 is 5.82 Å². The number of rotatable bonds is 1. The molecule has 0 bridgehead atoms. The van der Waals surface area contributed by atoms with E-state index in [2.05, 4.69) is 10.1 Å². The molecule has 0 aliphatic carbocycles. The number of hydrogen-bond acceptors (Lipinski definition) is 4. The van der Waals surface area contributed by atoms with Gasteiger partial charge in [0, 0.05) is 0 Å². The number of aromatic nitrogens is 2. The summed E-state index contributed by atoms with van der Waals surface area (Å²) in [7, 11) is 0. The van der Waals surface area contributed by atoms with E-state index in [4.69, 9.17) is 9.78 Å². The van der Waals surface area contributed by atoms with Gasteiger partial charge >= 0.3 is 0 Å². The summed E-state index contributed by atoms with van der Waals surface area (Å²) in [5, 5.41) is 12.1. The lowest BCUT2D eigenvalue weighted by Crippen LogP contribution is -1.86. The van der Waals surface area contributed by atoms with Crippen LogP contribution in [0.1, 0.15) is 11.4 Å². The number of nitrogens with zero attached hydrogens (tertiary/aromatic N) is 3. The SMILES string of the molecule is Cc1noc(-c2ccc(C#N)cc2F)n1. The van der Waals surface area contributed by atoms with Crippen LogP contribution < -0.4 is 0 Å². The van der Waals surface area contributed by atoms with Crippen molar-refractivity contribution in [2.45, 2.75) is 6.92 Å². The lowest BCUT2D eigenvalue weighted by molar-refractivity contribution is 0.423. The summed E-state index contributed by atoms with van der Waals surface area (Å²) < 4.78 is 18.3. The molecule has 0 amide bonds. The van der Waals surface area contributed by atoms with Crippen LogP contribution in [0.5, 0.6) is 0 Å². The Balaban J connectivity index is 2.51. The molecule has 0 saturated heterocycles. The van der Waals surface area contributed by atoms with Crippen LogP contribution in [0, 0.1) is 24.1 Å². The first kappa shape index (κ1) is 9.34. The van der Waals surface area contributed by atoms with Crippen molar-refractivity contribution in [2.75, 3.05) is 0 Å². The number of nitriles is 1. The van der Waals surface area contributed by atoms with E-state index >= 15 is 0 Å². The fraction of sp³-hybridized carbons (Fsp3) is 0.100. The smallest absolute Gasteiger partial charge is 0.260 e. The van der Waals surface area contributed by atoms with Gasteiger partial charge in [0.1, 0.15) is 5.82 Å². The zero-order valence-electron chi connectivity index (χ0n) is 7.86. The van der Waals surface area contributed by atoms with E-state index in [0.29, 0.717) is 5.82 Å². The van der Waals surface area contributed by atoms with Crippen LogP contribution in [0.2, 0.25) is 0 Å². The third-order valence-electron chi connectivity index (χ3n) is 1.86. The Morgan fingerprint density at radius 2 is 2.27 bits per heavy atom. The maximum Gasteiger partial charge on any atom is 0.260 e. The van der Waals surface area contributed by atoms with Crippen molar-refractivity contribution in [3.05, 3.63) is 35.4 Å². The molecule has 1 aromatic heterocycles. The molecule has 2 rings (SSSR count). The molecule has 0 unspecified atom stereocenters. The summed E-state index contributed by atoms with van der Waals surface area (Å²) in [6.45, 7) is 1.65. The lowest BCUT2D eigenvalue weighted by Gasteiger charge is -1.96. The zero-order valence-corrected chi connectivity index (χ0v) is 7.86. The largest absolute Gasteiger partial charge is 0.334 e. The van der Waals surface area contributed by atoms with Gasteiger partial charge in [-0.25, -0.2) is 4.39 Å². The predicted octanol–water partition coefficient (Wildman–Crippen LogP) is 2.06. The Hall–Kier alpha value is -2.22. The molecule has 2 aromatic rings. The first-order valence-electron chi connectivity index (χ1n) is 4.21. The third-order valence-corrected chi connectivity index (χ3v) is 1.86. The molecule has 0 spiro atoms. The average molecular weight is 203 g/mol. The summed E-state index contributed by atoms with van der Waals surface area (Å²) in [6.07, 6.45) is 0. The van der Waals surface area contributed by atoms with Gasteiger partial charge in [-0.15, -0.1) is 0 Å². The van der Waals surface area contributed by atoms with Crippen molar-refractivity contribution in [1.29, 1.82) is 5.26 Å². The highest BCUT2D eigenvalue weighted by Crippen LogP contribution is 2.21. The summed E-state index contributed by atoms with van der Waals surface area (Å²) in [5.41, 5.74) is 0.460. The quantitative estimate of drug-likeness (QED) is 0.711. The second-order valence-corrected chi connectivity index (χ2v) is 2.95. The van der Waals surface area contributed by atoms with Gasteiger partial charge in [0.25, 0.3) is 5.89 Å². The summed E-state index contributed by atoms with van der Waals surface area (Å²) in [4.78, 5) is 3.90. The predicted molar refractivity (Wildman–Crippen MR) is 49.1 cm³/mol. The zero-order chi connectivity index (χ0) is 10.8. The Labute approximate surface area is 85.0 Å². The minimum atomic E-state index is -0.544. The number of hydrogen-bond donors (Lipinski definition) is 0. The Kier molecular flexibility index (Phi) is 2.18. The molecule has 0 aliphatic rings. The molecule has 1 aromatic carbocycles. The maximum atomic E-state index is 13.5. The van der Waals surface area contributed by atoms with Gasteiger partial charge in [-0.05, 0) is 25.1 Å². The van der Waals surface area contributed by atoms with Crippen molar-refractivity contribution >= 4 is 0 Å². The van der Waals surface area contributed by atoms with E-state index in [1.807, 2.05) is 6.07 Å². The van der Waals surface area contributed by atoms with Crippen LogP contribution in [0.4, 0.5) is 4.39 Å². The molecule has 0 saturated carbocycles. The van der Waals surface area contributed by atoms with Crippen molar-refractivity contribution in [1.82, 2.24) is 10.1 Å². The first-order valence-corrected chi connectivity index (χ1v) is 4.21. The monoisotopic (exact) mass is 203 g/mol. The third kappa shape index (κ3) is 1.70. The normalized spacial score (nSPS) is 9.93. The minimum absolute atomic E-state index is 0.120. The molecular formula is C10H6FN3O. The molecule has 5 heteroatoms. The van der Waals surface area contributed by atoms with Crippen molar-refractivity contribution in [3.63, 3.8) is 0 Å². The topological polar surface area (TPSA) is 62.7 Å². The highest BCUT2D eigenvalue weighted by atomic mass is 19.1. The van der Waals surface area contributed by atoms with Crippen LogP contribution in [0.15, 0.2) is 22.7 Å². The maximum absolute atomic E-state index is 13.5. The Morgan fingerprint density at radius 1 is 1.47 bits per heavy atom. The Morgan fingerprint density at radius 3 is 2.80 bits per heavy atom. The fourth-order valence-electron chi connectivity index (χ4n) is 1.16. The van der Waals surface area contributed by atoms with Crippen molar-refractivity contribution < 1.29 is 8.91 Å². The van der Waals surface area contributed by atoms with Gasteiger partial charge in [-0.2, -0.15) is 10.2 Å². The molecule has 15 heavy (non-hydrogen) atoms. The molecular weight excluding hydrogens is 197 g/mol. The van der Waals surface area contributed by atoms with E-state index in [0.717, 1.165) is 6.07 Å². The summed E-state index contributed by atoms with van der Waals surface area (Å²) in [5.74, 6) is 0.0148. The van der Waals surface area contributed by atoms with Crippen LogP contribution in [0.3, 0.4) is 0 Å². The van der Waals surface area contributed by atoms with Crippen LogP contribution in [-0.4, -0.2) is 10.1 Å². The van der Waals surface area contributed by atoms with Gasteiger partial charge in [0.05, 0.1) is 17.2 Å². The highest BCUT2D eigenvalue weighted by Gasteiger charge is 2.11. The van der Waals surface area contributed by atoms with Crippen LogP contribution in [-0.2, 0) is 0 Å². The second-order valence-electron chi connectivity index (χ2n) is 2.95. The lowest BCUT2D eigenvalue weighted by atomic mass is 10.1. The van der Waals surface area contributed by atoms with Crippen molar-refractivity contribution in [3.8, 4) is 17.5 Å².